The first-order chi connectivity index (χ1) is 12.2. The lowest BCUT2D eigenvalue weighted by molar-refractivity contribution is -0.121. The van der Waals surface area contributed by atoms with Gasteiger partial charge in [0.15, 0.2) is 0 Å². The maximum Gasteiger partial charge on any atom is 0.224 e. The minimum Gasteiger partial charge on any atom is -0.368 e. The molecule has 0 unspecified atom stereocenters. The van der Waals surface area contributed by atoms with Crippen molar-refractivity contribution in [3.8, 4) is 0 Å². The van der Waals surface area contributed by atoms with Crippen LogP contribution in [0.1, 0.15) is 28.8 Å². The number of benzene rings is 1. The number of nitrogens with zero attached hydrogens (tertiary/aromatic N) is 3. The number of aliphatic imine (C=N–C) groups is 1. The summed E-state index contributed by atoms with van der Waals surface area (Å²) in [6, 6.07) is 10.5. The van der Waals surface area contributed by atoms with Gasteiger partial charge in [0.25, 0.3) is 0 Å². The first-order valence-electron chi connectivity index (χ1n) is 8.76. The average Bonchev–Trinajstić information content (AvgIpc) is 3.24. The topological polar surface area (TPSA) is 57.6 Å². The Morgan fingerprint density at radius 1 is 1.32 bits per heavy atom. The van der Waals surface area contributed by atoms with Gasteiger partial charge in [-0.1, -0.05) is 12.1 Å². The van der Waals surface area contributed by atoms with Crippen LogP contribution in [0.15, 0.2) is 41.5 Å². The first kappa shape index (κ1) is 15.8. The van der Waals surface area contributed by atoms with Crippen molar-refractivity contribution < 1.29 is 4.79 Å². The number of hydrogen-bond donors (Lipinski definition) is 1. The molecule has 2 aliphatic rings. The summed E-state index contributed by atoms with van der Waals surface area (Å²) in [7, 11) is 0. The number of amides is 1. The van der Waals surface area contributed by atoms with E-state index in [1.165, 1.54) is 5.56 Å². The van der Waals surface area contributed by atoms with Gasteiger partial charge in [-0.25, -0.2) is 0 Å². The van der Waals surface area contributed by atoms with Crippen molar-refractivity contribution in [3.05, 3.63) is 58.9 Å². The van der Waals surface area contributed by atoms with Gasteiger partial charge >= 0.3 is 0 Å². The zero-order chi connectivity index (χ0) is 17.2. The third kappa shape index (κ3) is 3.55. The Bertz CT molecular complexity index is 813. The zero-order valence-corrected chi connectivity index (χ0v) is 14.4. The zero-order valence-electron chi connectivity index (χ0n) is 14.4. The van der Waals surface area contributed by atoms with Gasteiger partial charge in [-0.05, 0) is 48.2 Å². The van der Waals surface area contributed by atoms with E-state index >= 15 is 0 Å². The van der Waals surface area contributed by atoms with Crippen LogP contribution in [0.3, 0.4) is 0 Å². The molecule has 2 aromatic rings. The van der Waals surface area contributed by atoms with E-state index in [9.17, 15) is 4.79 Å². The number of pyridine rings is 1. The number of aryl methyl sites for hydroxylation is 1. The lowest BCUT2D eigenvalue weighted by atomic mass is 10.0. The van der Waals surface area contributed by atoms with E-state index in [2.05, 4.69) is 38.4 Å². The van der Waals surface area contributed by atoms with Gasteiger partial charge in [-0.15, -0.1) is 0 Å². The standard InChI is InChI=1S/C20H22N4O/c1-14-2-5-19(12-22-14)24-7-6-18(13-24)23-20(25)9-15-3-4-16-10-21-11-17(16)8-15/h2-5,8,11-12,18H,6-7,9-10,13H2,1H3,(H,23,25)/t18-/m1/s1. The average molecular weight is 334 g/mol. The predicted molar refractivity (Wildman–Crippen MR) is 99.2 cm³/mol. The number of carbonyl (C=O) groups is 1. The summed E-state index contributed by atoms with van der Waals surface area (Å²) in [5, 5.41) is 3.17. The number of anilines is 1. The van der Waals surface area contributed by atoms with Gasteiger partial charge in [-0.2, -0.15) is 0 Å². The molecule has 1 N–H and O–H groups in total. The van der Waals surface area contributed by atoms with Crippen LogP contribution in [0.4, 0.5) is 5.69 Å². The fraction of sp³-hybridized carbons (Fsp3) is 0.350. The van der Waals surface area contributed by atoms with Crippen LogP contribution in [0.2, 0.25) is 0 Å². The molecular weight excluding hydrogens is 312 g/mol. The second-order valence-corrected chi connectivity index (χ2v) is 6.84. The number of nitrogens with one attached hydrogen (secondary N) is 1. The predicted octanol–water partition coefficient (Wildman–Crippen LogP) is 2.26. The molecule has 3 heterocycles. The number of carbonyl (C=O) groups excluding carboxylic acids is 1. The number of rotatable bonds is 4. The fourth-order valence-electron chi connectivity index (χ4n) is 3.48. The molecule has 128 valence electrons. The molecule has 1 fully saturated rings. The highest BCUT2D eigenvalue weighted by molar-refractivity contribution is 5.86. The molecule has 1 saturated heterocycles. The van der Waals surface area contributed by atoms with Gasteiger partial charge in [0.2, 0.25) is 5.91 Å². The maximum atomic E-state index is 12.4. The Kier molecular flexibility index (Phi) is 4.22. The largest absolute Gasteiger partial charge is 0.368 e. The van der Waals surface area contributed by atoms with E-state index in [0.717, 1.165) is 48.6 Å². The minimum atomic E-state index is 0.0868. The maximum absolute atomic E-state index is 12.4. The molecule has 0 radical (unpaired) electrons. The smallest absolute Gasteiger partial charge is 0.224 e. The molecule has 1 aromatic heterocycles. The Balaban J connectivity index is 1.32. The molecule has 0 spiro atoms. The van der Waals surface area contributed by atoms with Gasteiger partial charge in [0.1, 0.15) is 0 Å². The Hall–Kier alpha value is -2.69. The third-order valence-electron chi connectivity index (χ3n) is 4.88. The number of fused-ring (bicyclic) bond motifs is 1. The van der Waals surface area contributed by atoms with Crippen LogP contribution in [-0.4, -0.2) is 36.2 Å². The minimum absolute atomic E-state index is 0.0868. The lowest BCUT2D eigenvalue weighted by Crippen LogP contribution is -2.38. The van der Waals surface area contributed by atoms with E-state index in [4.69, 9.17) is 0 Å². The van der Waals surface area contributed by atoms with E-state index < -0.39 is 0 Å². The molecule has 0 bridgehead atoms. The molecule has 5 heteroatoms. The van der Waals surface area contributed by atoms with Crippen molar-refractivity contribution in [3.63, 3.8) is 0 Å². The van der Waals surface area contributed by atoms with Crippen LogP contribution >= 0.6 is 0 Å². The van der Waals surface area contributed by atoms with Crippen LogP contribution < -0.4 is 10.2 Å². The van der Waals surface area contributed by atoms with Crippen LogP contribution in [0.5, 0.6) is 0 Å². The Morgan fingerprint density at radius 3 is 3.08 bits per heavy atom. The summed E-state index contributed by atoms with van der Waals surface area (Å²) >= 11 is 0. The van der Waals surface area contributed by atoms with Crippen molar-refractivity contribution in [1.82, 2.24) is 10.3 Å². The first-order valence-corrected chi connectivity index (χ1v) is 8.76. The van der Waals surface area contributed by atoms with Crippen molar-refractivity contribution in [2.24, 2.45) is 4.99 Å². The van der Waals surface area contributed by atoms with Crippen LogP contribution in [-0.2, 0) is 17.8 Å². The fourth-order valence-corrected chi connectivity index (χ4v) is 3.48. The van der Waals surface area contributed by atoms with Gasteiger partial charge < -0.3 is 10.2 Å². The second kappa shape index (κ2) is 6.67. The van der Waals surface area contributed by atoms with E-state index in [1.807, 2.05) is 31.5 Å². The summed E-state index contributed by atoms with van der Waals surface area (Å²) in [6.07, 6.45) is 5.19. The molecule has 5 nitrogen and oxygen atoms in total. The highest BCUT2D eigenvalue weighted by Crippen LogP contribution is 2.20. The molecule has 1 amide bonds. The highest BCUT2D eigenvalue weighted by atomic mass is 16.1. The third-order valence-corrected chi connectivity index (χ3v) is 4.88. The van der Waals surface area contributed by atoms with Gasteiger partial charge in [0, 0.05) is 31.0 Å². The van der Waals surface area contributed by atoms with Crippen molar-refractivity contribution in [2.75, 3.05) is 18.0 Å². The molecule has 4 rings (SSSR count). The lowest BCUT2D eigenvalue weighted by Gasteiger charge is -2.19. The molecule has 0 aliphatic carbocycles. The van der Waals surface area contributed by atoms with Gasteiger partial charge in [0.05, 0.1) is 24.8 Å². The van der Waals surface area contributed by atoms with Gasteiger partial charge in [-0.3, -0.25) is 14.8 Å². The summed E-state index contributed by atoms with van der Waals surface area (Å²) in [6.45, 7) is 4.54. The Labute approximate surface area is 147 Å². The molecule has 2 aliphatic heterocycles. The molecule has 1 aromatic carbocycles. The SMILES string of the molecule is Cc1ccc(N2CC[C@@H](NC(=O)Cc3ccc4c(c3)C=NC4)C2)cn1. The normalized spacial score (nSPS) is 18.4. The Morgan fingerprint density at radius 2 is 2.24 bits per heavy atom. The summed E-state index contributed by atoms with van der Waals surface area (Å²) in [5.41, 5.74) is 5.57. The summed E-state index contributed by atoms with van der Waals surface area (Å²) < 4.78 is 0. The van der Waals surface area contributed by atoms with Crippen LogP contribution in [0.25, 0.3) is 0 Å². The summed E-state index contributed by atoms with van der Waals surface area (Å²) in [4.78, 5) is 23.3. The molecule has 25 heavy (non-hydrogen) atoms. The molecular formula is C20H22N4O. The molecule has 1 atom stereocenters. The highest BCUT2D eigenvalue weighted by Gasteiger charge is 2.24. The monoisotopic (exact) mass is 334 g/mol. The van der Waals surface area contributed by atoms with E-state index in [1.54, 1.807) is 0 Å². The van der Waals surface area contributed by atoms with Crippen LogP contribution in [0, 0.1) is 6.92 Å². The summed E-state index contributed by atoms with van der Waals surface area (Å²) in [5.74, 6) is 0.0868. The number of aromatic nitrogens is 1. The molecule has 0 saturated carbocycles. The van der Waals surface area contributed by atoms with Crippen molar-refractivity contribution in [1.29, 1.82) is 0 Å². The van der Waals surface area contributed by atoms with Crippen molar-refractivity contribution in [2.45, 2.75) is 32.4 Å². The quantitative estimate of drug-likeness (QED) is 0.933. The van der Waals surface area contributed by atoms with E-state index in [0.29, 0.717) is 6.42 Å². The second-order valence-electron chi connectivity index (χ2n) is 6.84. The number of hydrogen-bond acceptors (Lipinski definition) is 4. The van der Waals surface area contributed by atoms with E-state index in [-0.39, 0.29) is 11.9 Å². The van der Waals surface area contributed by atoms with Crippen molar-refractivity contribution >= 4 is 17.8 Å².